The van der Waals surface area contributed by atoms with Gasteiger partial charge in [-0.25, -0.2) is 13.1 Å². The third-order valence-electron chi connectivity index (χ3n) is 4.24. The lowest BCUT2D eigenvalue weighted by Crippen LogP contribution is -2.44. The molecule has 1 saturated heterocycles. The maximum Gasteiger partial charge on any atom is 0.255 e. The number of carbonyl (C=O) groups excluding carboxylic acids is 1. The maximum absolute atomic E-state index is 12.6. The number of nitrogens with two attached hydrogens (primary N) is 1. The molecule has 2 heterocycles. The summed E-state index contributed by atoms with van der Waals surface area (Å²) in [7, 11) is -3.63. The molecule has 26 heavy (non-hydrogen) atoms. The molecule has 140 valence electrons. The molecule has 0 saturated carbocycles. The summed E-state index contributed by atoms with van der Waals surface area (Å²) in [5, 5.41) is 4.06. The predicted octanol–water partition coefficient (Wildman–Crippen LogP) is 1.34. The smallest absolute Gasteiger partial charge is 0.255 e. The fourth-order valence-corrected chi connectivity index (χ4v) is 4.46. The summed E-state index contributed by atoms with van der Waals surface area (Å²) < 4.78 is 33.0. The molecular formula is C17H21N3O4S2. The number of thiophene rings is 1. The minimum atomic E-state index is -3.63. The average Bonchev–Trinajstić information content (AvgIpc) is 3.09. The molecule has 1 aromatic heterocycles. The molecule has 7 nitrogen and oxygen atoms in total. The molecule has 0 spiro atoms. The van der Waals surface area contributed by atoms with Crippen molar-refractivity contribution in [1.29, 1.82) is 0 Å². The number of hydrogen-bond donors (Lipinski definition) is 2. The number of rotatable bonds is 9. The summed E-state index contributed by atoms with van der Waals surface area (Å²) in [4.78, 5) is 13.1. The molecule has 2 aromatic rings. The number of benzene rings is 1. The zero-order valence-electron chi connectivity index (χ0n) is 14.1. The van der Waals surface area contributed by atoms with Crippen LogP contribution in [0.5, 0.6) is 5.75 Å². The number of nitrogens with zero attached hydrogens (tertiary/aromatic N) is 1. The molecule has 0 unspecified atom stereocenters. The van der Waals surface area contributed by atoms with Crippen molar-refractivity contribution in [2.75, 3.05) is 26.2 Å². The van der Waals surface area contributed by atoms with E-state index in [1.165, 1.54) is 24.3 Å². The Bertz CT molecular complexity index is 831. The van der Waals surface area contributed by atoms with Gasteiger partial charge in [0.15, 0.2) is 6.61 Å². The van der Waals surface area contributed by atoms with E-state index in [0.717, 1.165) is 25.1 Å². The normalized spacial score (nSPS) is 16.0. The Hall–Kier alpha value is -1.94. The molecule has 1 aliphatic heterocycles. The zero-order chi connectivity index (χ0) is 18.6. The van der Waals surface area contributed by atoms with E-state index < -0.39 is 15.9 Å². The van der Waals surface area contributed by atoms with Crippen molar-refractivity contribution in [1.82, 2.24) is 9.62 Å². The second-order valence-corrected chi connectivity index (χ2v) is 8.59. The SMILES string of the molecule is NC(=O)COc1ccc(S(=O)(=O)NC[C@H](c2ccsc2)N2CCC2)cc1. The standard InChI is InChI=1S/C17H21N3O4S2/c18-17(21)11-24-14-2-4-15(5-3-14)26(22,23)19-10-16(20-7-1-8-20)13-6-9-25-12-13/h2-6,9,12,16,19H,1,7-8,10-11H2,(H2,18,21)/t16-/m1/s1. The first-order chi connectivity index (χ1) is 12.5. The molecule has 1 fully saturated rings. The number of ether oxygens (including phenoxy) is 1. The molecule has 0 bridgehead atoms. The first kappa shape index (κ1) is 18.8. The van der Waals surface area contributed by atoms with E-state index >= 15 is 0 Å². The second kappa shape index (κ2) is 8.17. The highest BCUT2D eigenvalue weighted by Gasteiger charge is 2.27. The molecule has 1 atom stereocenters. The number of primary amides is 1. The maximum atomic E-state index is 12.6. The topological polar surface area (TPSA) is 102 Å². The van der Waals surface area contributed by atoms with Crippen molar-refractivity contribution < 1.29 is 17.9 Å². The summed E-state index contributed by atoms with van der Waals surface area (Å²) in [6, 6.07) is 7.98. The van der Waals surface area contributed by atoms with Crippen molar-refractivity contribution in [3.63, 3.8) is 0 Å². The predicted molar refractivity (Wildman–Crippen MR) is 99.6 cm³/mol. The van der Waals surface area contributed by atoms with Crippen LogP contribution in [0.25, 0.3) is 0 Å². The Morgan fingerprint density at radius 1 is 1.27 bits per heavy atom. The van der Waals surface area contributed by atoms with E-state index in [-0.39, 0.29) is 17.5 Å². The fraction of sp³-hybridized carbons (Fsp3) is 0.353. The first-order valence-corrected chi connectivity index (χ1v) is 10.7. The average molecular weight is 396 g/mol. The van der Waals surface area contributed by atoms with Crippen molar-refractivity contribution in [3.05, 3.63) is 46.7 Å². The number of carbonyl (C=O) groups is 1. The van der Waals surface area contributed by atoms with Gasteiger partial charge in [-0.05, 0) is 53.1 Å². The van der Waals surface area contributed by atoms with Crippen LogP contribution in [0.3, 0.4) is 0 Å². The van der Waals surface area contributed by atoms with E-state index in [4.69, 9.17) is 10.5 Å². The number of hydrogen-bond acceptors (Lipinski definition) is 6. The van der Waals surface area contributed by atoms with E-state index in [2.05, 4.69) is 15.0 Å². The van der Waals surface area contributed by atoms with E-state index in [1.54, 1.807) is 11.3 Å². The molecule has 1 amide bonds. The highest BCUT2D eigenvalue weighted by Crippen LogP contribution is 2.27. The van der Waals surface area contributed by atoms with Crippen LogP contribution in [0, 0.1) is 0 Å². The van der Waals surface area contributed by atoms with Crippen LogP contribution in [0.15, 0.2) is 46.0 Å². The molecular weight excluding hydrogens is 374 g/mol. The molecule has 3 rings (SSSR count). The summed E-state index contributed by atoms with van der Waals surface area (Å²) in [5.74, 6) is -0.201. The monoisotopic (exact) mass is 395 g/mol. The Morgan fingerprint density at radius 2 is 2.00 bits per heavy atom. The zero-order valence-corrected chi connectivity index (χ0v) is 15.8. The Labute approximate surface area is 156 Å². The van der Waals surface area contributed by atoms with Crippen LogP contribution < -0.4 is 15.2 Å². The summed E-state index contributed by atoms with van der Waals surface area (Å²) in [5.41, 5.74) is 6.15. The van der Waals surface area contributed by atoms with Gasteiger partial charge in [-0.15, -0.1) is 0 Å². The van der Waals surface area contributed by atoms with Crippen molar-refractivity contribution >= 4 is 27.3 Å². The Balaban J connectivity index is 1.65. The lowest BCUT2D eigenvalue weighted by molar-refractivity contribution is -0.119. The minimum Gasteiger partial charge on any atom is -0.484 e. The number of sulfonamides is 1. The summed E-state index contributed by atoms with van der Waals surface area (Å²) >= 11 is 1.61. The van der Waals surface area contributed by atoms with Gasteiger partial charge in [-0.3, -0.25) is 9.69 Å². The van der Waals surface area contributed by atoms with Crippen LogP contribution in [-0.4, -0.2) is 45.5 Å². The summed E-state index contributed by atoms with van der Waals surface area (Å²) in [6.07, 6.45) is 1.14. The van der Waals surface area contributed by atoms with Crippen LogP contribution in [0.2, 0.25) is 0 Å². The molecule has 9 heteroatoms. The van der Waals surface area contributed by atoms with Crippen molar-refractivity contribution in [2.45, 2.75) is 17.4 Å². The first-order valence-electron chi connectivity index (χ1n) is 8.23. The van der Waals surface area contributed by atoms with Gasteiger partial charge in [0.05, 0.1) is 4.90 Å². The van der Waals surface area contributed by atoms with E-state index in [0.29, 0.717) is 12.3 Å². The van der Waals surface area contributed by atoms with E-state index in [9.17, 15) is 13.2 Å². The largest absolute Gasteiger partial charge is 0.484 e. The van der Waals surface area contributed by atoms with Gasteiger partial charge in [-0.1, -0.05) is 0 Å². The third-order valence-corrected chi connectivity index (χ3v) is 6.38. The van der Waals surface area contributed by atoms with Gasteiger partial charge < -0.3 is 10.5 Å². The van der Waals surface area contributed by atoms with Crippen LogP contribution >= 0.6 is 11.3 Å². The molecule has 0 radical (unpaired) electrons. The Morgan fingerprint density at radius 3 is 2.54 bits per heavy atom. The van der Waals surface area contributed by atoms with Crippen LogP contribution in [0.4, 0.5) is 0 Å². The molecule has 3 N–H and O–H groups in total. The van der Waals surface area contributed by atoms with Gasteiger partial charge in [-0.2, -0.15) is 11.3 Å². The van der Waals surface area contributed by atoms with Crippen molar-refractivity contribution in [2.24, 2.45) is 5.73 Å². The minimum absolute atomic E-state index is 0.0444. The van der Waals surface area contributed by atoms with Crippen LogP contribution in [0.1, 0.15) is 18.0 Å². The Kier molecular flexibility index (Phi) is 5.92. The third kappa shape index (κ3) is 4.61. The lowest BCUT2D eigenvalue weighted by atomic mass is 10.1. The van der Waals surface area contributed by atoms with Crippen molar-refractivity contribution in [3.8, 4) is 5.75 Å². The summed E-state index contributed by atoms with van der Waals surface area (Å²) in [6.45, 7) is 2.03. The quantitative estimate of drug-likeness (QED) is 0.667. The highest BCUT2D eigenvalue weighted by molar-refractivity contribution is 7.89. The number of nitrogens with one attached hydrogen (secondary N) is 1. The van der Waals surface area contributed by atoms with Gasteiger partial charge in [0, 0.05) is 25.7 Å². The molecule has 0 aliphatic carbocycles. The fourth-order valence-electron chi connectivity index (χ4n) is 2.72. The van der Waals surface area contributed by atoms with Gasteiger partial charge in [0.1, 0.15) is 5.75 Å². The van der Waals surface area contributed by atoms with Gasteiger partial charge in [0.2, 0.25) is 10.0 Å². The molecule has 1 aliphatic rings. The van der Waals surface area contributed by atoms with E-state index in [1.807, 2.05) is 11.4 Å². The van der Waals surface area contributed by atoms with Crippen LogP contribution in [-0.2, 0) is 14.8 Å². The van der Waals surface area contributed by atoms with Gasteiger partial charge in [0.25, 0.3) is 5.91 Å². The lowest BCUT2D eigenvalue weighted by Gasteiger charge is -2.38. The number of amides is 1. The number of likely N-dealkylation sites (tertiary alicyclic amines) is 1. The molecule has 1 aromatic carbocycles. The van der Waals surface area contributed by atoms with Gasteiger partial charge >= 0.3 is 0 Å². The highest BCUT2D eigenvalue weighted by atomic mass is 32.2. The second-order valence-electron chi connectivity index (χ2n) is 6.04.